The van der Waals surface area contributed by atoms with E-state index in [1.54, 1.807) is 13.2 Å². The maximum atomic E-state index is 11.5. The topological polar surface area (TPSA) is 71.2 Å². The Morgan fingerprint density at radius 1 is 1.61 bits per heavy atom. The van der Waals surface area contributed by atoms with E-state index in [9.17, 15) is 4.79 Å². The van der Waals surface area contributed by atoms with Gasteiger partial charge in [-0.25, -0.2) is 0 Å². The van der Waals surface area contributed by atoms with Crippen LogP contribution in [0.1, 0.15) is 19.0 Å². The second-order valence-electron chi connectivity index (χ2n) is 3.83. The number of amides is 1. The summed E-state index contributed by atoms with van der Waals surface area (Å²) < 4.78 is 0. The molecule has 0 bridgehead atoms. The Morgan fingerprint density at radius 3 is 2.89 bits per heavy atom. The first kappa shape index (κ1) is 14.4. The van der Waals surface area contributed by atoms with Gasteiger partial charge in [-0.1, -0.05) is 19.1 Å². The molecule has 0 aliphatic carbocycles. The zero-order chi connectivity index (χ0) is 13.5. The fourth-order valence-corrected chi connectivity index (χ4v) is 1.81. The highest BCUT2D eigenvalue weighted by atomic mass is 32.1. The maximum Gasteiger partial charge on any atom is 0.239 e. The van der Waals surface area contributed by atoms with Crippen molar-refractivity contribution in [3.8, 4) is 0 Å². The summed E-state index contributed by atoms with van der Waals surface area (Å²) in [5.41, 5.74) is 7.01. The molecule has 0 saturated carbocycles. The van der Waals surface area contributed by atoms with Crippen molar-refractivity contribution in [2.45, 2.75) is 13.3 Å². The lowest BCUT2D eigenvalue weighted by molar-refractivity contribution is -0.119. The minimum Gasteiger partial charge on any atom is -0.388 e. The van der Waals surface area contributed by atoms with Crippen LogP contribution in [0, 0.1) is 0 Å². The van der Waals surface area contributed by atoms with Gasteiger partial charge in [0.05, 0.1) is 12.2 Å². The van der Waals surface area contributed by atoms with Crippen LogP contribution in [0.2, 0.25) is 0 Å². The number of pyridine rings is 1. The lowest BCUT2D eigenvalue weighted by atomic mass is 10.2. The van der Waals surface area contributed by atoms with E-state index in [-0.39, 0.29) is 17.4 Å². The number of hydrogen-bond donors (Lipinski definition) is 2. The molecule has 1 rings (SSSR count). The maximum absolute atomic E-state index is 11.5. The second kappa shape index (κ2) is 6.90. The highest BCUT2D eigenvalue weighted by molar-refractivity contribution is 7.80. The van der Waals surface area contributed by atoms with Crippen molar-refractivity contribution in [3.63, 3.8) is 0 Å². The summed E-state index contributed by atoms with van der Waals surface area (Å²) in [6.07, 6.45) is 2.56. The summed E-state index contributed by atoms with van der Waals surface area (Å²) in [6.45, 7) is 3.06. The third-order valence-corrected chi connectivity index (χ3v) is 2.66. The molecule has 1 amide bonds. The number of thiocarbonyl (C=S) groups is 1. The molecule has 18 heavy (non-hydrogen) atoms. The van der Waals surface area contributed by atoms with E-state index in [1.165, 1.54) is 0 Å². The van der Waals surface area contributed by atoms with Gasteiger partial charge in [-0.3, -0.25) is 9.78 Å². The molecule has 0 unspecified atom stereocenters. The van der Waals surface area contributed by atoms with E-state index in [1.807, 2.05) is 24.0 Å². The van der Waals surface area contributed by atoms with Crippen LogP contribution in [0.5, 0.6) is 0 Å². The minimum absolute atomic E-state index is 0.0545. The van der Waals surface area contributed by atoms with Gasteiger partial charge in [-0.2, -0.15) is 0 Å². The molecule has 0 aliphatic heterocycles. The molecular weight excluding hydrogens is 248 g/mol. The molecule has 5 nitrogen and oxygen atoms in total. The van der Waals surface area contributed by atoms with Crippen molar-refractivity contribution < 1.29 is 4.79 Å². The van der Waals surface area contributed by atoms with Crippen LogP contribution in [-0.4, -0.2) is 36.0 Å². The molecule has 0 fully saturated rings. The van der Waals surface area contributed by atoms with Crippen LogP contribution < -0.4 is 16.0 Å². The molecule has 6 heteroatoms. The van der Waals surface area contributed by atoms with E-state index in [0.29, 0.717) is 5.69 Å². The van der Waals surface area contributed by atoms with Crippen LogP contribution in [0.4, 0.5) is 5.69 Å². The smallest absolute Gasteiger partial charge is 0.239 e. The first-order chi connectivity index (χ1) is 8.60. The van der Waals surface area contributed by atoms with Gasteiger partial charge in [0.2, 0.25) is 5.91 Å². The van der Waals surface area contributed by atoms with Crippen molar-refractivity contribution in [1.82, 2.24) is 10.3 Å². The number of nitrogens with zero attached hydrogens (tertiary/aromatic N) is 2. The van der Waals surface area contributed by atoms with Gasteiger partial charge in [0.15, 0.2) is 0 Å². The monoisotopic (exact) mass is 266 g/mol. The SMILES string of the molecule is CCCN(CC(=O)NC)c1cccnc1C(N)=S. The van der Waals surface area contributed by atoms with E-state index >= 15 is 0 Å². The van der Waals surface area contributed by atoms with E-state index in [0.717, 1.165) is 18.7 Å². The van der Waals surface area contributed by atoms with Gasteiger partial charge < -0.3 is 16.0 Å². The number of nitrogens with one attached hydrogen (secondary N) is 1. The Balaban J connectivity index is 3.04. The van der Waals surface area contributed by atoms with E-state index < -0.39 is 0 Å². The fourth-order valence-electron chi connectivity index (χ4n) is 1.65. The van der Waals surface area contributed by atoms with Crippen LogP contribution >= 0.6 is 12.2 Å². The largest absolute Gasteiger partial charge is 0.388 e. The first-order valence-corrected chi connectivity index (χ1v) is 6.21. The number of likely N-dealkylation sites (N-methyl/N-ethyl adjacent to an activating group) is 1. The predicted molar refractivity (Wildman–Crippen MR) is 76.7 cm³/mol. The molecule has 0 radical (unpaired) electrons. The van der Waals surface area contributed by atoms with Gasteiger partial charge in [0.1, 0.15) is 10.7 Å². The summed E-state index contributed by atoms with van der Waals surface area (Å²) in [7, 11) is 1.62. The van der Waals surface area contributed by atoms with Crippen molar-refractivity contribution in [3.05, 3.63) is 24.0 Å². The van der Waals surface area contributed by atoms with E-state index in [2.05, 4.69) is 10.3 Å². The van der Waals surface area contributed by atoms with E-state index in [4.69, 9.17) is 18.0 Å². The zero-order valence-corrected chi connectivity index (χ0v) is 11.5. The molecular formula is C12H18N4OS. The number of nitrogens with two attached hydrogens (primary N) is 1. The summed E-state index contributed by atoms with van der Waals surface area (Å²) in [6, 6.07) is 3.68. The highest BCUT2D eigenvalue weighted by Gasteiger charge is 2.15. The molecule has 0 aromatic carbocycles. The lowest BCUT2D eigenvalue weighted by Gasteiger charge is -2.24. The van der Waals surface area contributed by atoms with Crippen molar-refractivity contribution in [2.24, 2.45) is 5.73 Å². The second-order valence-corrected chi connectivity index (χ2v) is 4.27. The Bertz CT molecular complexity index is 436. The summed E-state index contributed by atoms with van der Waals surface area (Å²) >= 11 is 4.98. The standard InChI is InChI=1S/C12H18N4OS/c1-3-7-16(8-10(17)14-2)9-5-4-6-15-11(9)12(13)18/h4-6H,3,7-8H2,1-2H3,(H2,13,18)(H,14,17). The normalized spacial score (nSPS) is 9.89. The van der Waals surface area contributed by atoms with Crippen molar-refractivity contribution in [2.75, 3.05) is 25.0 Å². The number of rotatable bonds is 6. The van der Waals surface area contributed by atoms with Crippen molar-refractivity contribution >= 4 is 28.8 Å². The molecule has 0 aliphatic rings. The summed E-state index contributed by atoms with van der Waals surface area (Å²) in [5.74, 6) is -0.0545. The highest BCUT2D eigenvalue weighted by Crippen LogP contribution is 2.18. The van der Waals surface area contributed by atoms with Gasteiger partial charge in [0.25, 0.3) is 0 Å². The molecule has 1 aromatic heterocycles. The summed E-state index contributed by atoms with van der Waals surface area (Å²) in [5, 5.41) is 2.61. The number of aromatic nitrogens is 1. The zero-order valence-electron chi connectivity index (χ0n) is 10.6. The molecule has 0 atom stereocenters. The number of anilines is 1. The van der Waals surface area contributed by atoms with Crippen LogP contribution in [0.3, 0.4) is 0 Å². The van der Waals surface area contributed by atoms with Gasteiger partial charge in [-0.15, -0.1) is 0 Å². The van der Waals surface area contributed by atoms with Gasteiger partial charge in [0, 0.05) is 19.8 Å². The number of carbonyl (C=O) groups excluding carboxylic acids is 1. The Hall–Kier alpha value is -1.69. The van der Waals surface area contributed by atoms with Gasteiger partial charge in [-0.05, 0) is 18.6 Å². The molecule has 1 heterocycles. The molecule has 0 spiro atoms. The molecule has 1 aromatic rings. The fraction of sp³-hybridized carbons (Fsp3) is 0.417. The first-order valence-electron chi connectivity index (χ1n) is 5.80. The van der Waals surface area contributed by atoms with Crippen molar-refractivity contribution in [1.29, 1.82) is 0 Å². The Morgan fingerprint density at radius 2 is 2.33 bits per heavy atom. The third-order valence-electron chi connectivity index (χ3n) is 2.47. The average molecular weight is 266 g/mol. The molecule has 98 valence electrons. The number of hydrogen-bond acceptors (Lipinski definition) is 4. The van der Waals surface area contributed by atoms with Crippen LogP contribution in [0.15, 0.2) is 18.3 Å². The quantitative estimate of drug-likeness (QED) is 0.741. The minimum atomic E-state index is -0.0545. The predicted octanol–water partition coefficient (Wildman–Crippen LogP) is 0.678. The molecule has 0 saturated heterocycles. The lowest BCUT2D eigenvalue weighted by Crippen LogP contribution is -2.37. The summed E-state index contributed by atoms with van der Waals surface area (Å²) in [4.78, 5) is 17.9. The average Bonchev–Trinajstić information content (AvgIpc) is 2.38. The number of carbonyl (C=O) groups is 1. The molecule has 3 N–H and O–H groups in total. The van der Waals surface area contributed by atoms with Crippen LogP contribution in [-0.2, 0) is 4.79 Å². The third kappa shape index (κ3) is 3.66. The Kier molecular flexibility index (Phi) is 5.51. The Labute approximate surface area is 112 Å². The van der Waals surface area contributed by atoms with Crippen LogP contribution in [0.25, 0.3) is 0 Å². The van der Waals surface area contributed by atoms with Gasteiger partial charge >= 0.3 is 0 Å².